The van der Waals surface area contributed by atoms with Crippen molar-refractivity contribution in [1.82, 2.24) is 0 Å². The SMILES string of the molecule is COC(=O)CC1(CS(=O)CCSC)CC1. The number of methoxy groups -OCH3 is 1. The van der Waals surface area contributed by atoms with Gasteiger partial charge in [-0.15, -0.1) is 0 Å². The number of esters is 1. The van der Waals surface area contributed by atoms with Crippen molar-refractivity contribution < 1.29 is 13.7 Å². The second-order valence-corrected chi connectivity index (χ2v) is 6.60. The topological polar surface area (TPSA) is 43.4 Å². The van der Waals surface area contributed by atoms with Gasteiger partial charge < -0.3 is 4.74 Å². The summed E-state index contributed by atoms with van der Waals surface area (Å²) in [4.78, 5) is 11.1. The van der Waals surface area contributed by atoms with Gasteiger partial charge in [0.15, 0.2) is 0 Å². The van der Waals surface area contributed by atoms with E-state index < -0.39 is 10.8 Å². The Morgan fingerprint density at radius 2 is 2.20 bits per heavy atom. The van der Waals surface area contributed by atoms with E-state index in [1.54, 1.807) is 11.8 Å². The molecule has 1 unspecified atom stereocenters. The minimum absolute atomic E-state index is 0.0103. The molecule has 5 heteroatoms. The van der Waals surface area contributed by atoms with Crippen LogP contribution in [-0.4, -0.2) is 40.8 Å². The largest absolute Gasteiger partial charge is 0.469 e. The summed E-state index contributed by atoms with van der Waals surface area (Å²) in [5.74, 6) is 2.17. The van der Waals surface area contributed by atoms with Crippen LogP contribution in [0.15, 0.2) is 0 Å². The maximum absolute atomic E-state index is 11.7. The van der Waals surface area contributed by atoms with Gasteiger partial charge in [-0.25, -0.2) is 0 Å². The summed E-state index contributed by atoms with van der Waals surface area (Å²) in [5.41, 5.74) is 0.0103. The summed E-state index contributed by atoms with van der Waals surface area (Å²) in [5, 5.41) is 0. The van der Waals surface area contributed by atoms with Crippen LogP contribution < -0.4 is 0 Å². The van der Waals surface area contributed by atoms with E-state index in [1.165, 1.54) is 7.11 Å². The molecule has 0 bridgehead atoms. The molecule has 0 heterocycles. The molecule has 1 fully saturated rings. The number of carbonyl (C=O) groups is 1. The van der Waals surface area contributed by atoms with Crippen LogP contribution in [0, 0.1) is 5.41 Å². The van der Waals surface area contributed by atoms with E-state index in [9.17, 15) is 9.00 Å². The van der Waals surface area contributed by atoms with Crippen LogP contribution in [0.1, 0.15) is 19.3 Å². The fourth-order valence-corrected chi connectivity index (χ4v) is 4.15. The summed E-state index contributed by atoms with van der Waals surface area (Å²) in [7, 11) is 0.632. The Hall–Kier alpha value is -0.0300. The Labute approximate surface area is 97.8 Å². The van der Waals surface area contributed by atoms with Crippen molar-refractivity contribution in [3.63, 3.8) is 0 Å². The third-order valence-corrected chi connectivity index (χ3v) is 5.15. The lowest BCUT2D eigenvalue weighted by Gasteiger charge is -2.12. The summed E-state index contributed by atoms with van der Waals surface area (Å²) in [6.07, 6.45) is 4.49. The zero-order chi connectivity index (χ0) is 11.3. The van der Waals surface area contributed by atoms with Gasteiger partial charge in [0.05, 0.1) is 13.5 Å². The number of thioether (sulfide) groups is 1. The van der Waals surface area contributed by atoms with Crippen molar-refractivity contribution in [2.75, 3.05) is 30.6 Å². The summed E-state index contributed by atoms with van der Waals surface area (Å²) >= 11 is 1.71. The van der Waals surface area contributed by atoms with Crippen LogP contribution in [-0.2, 0) is 20.3 Å². The molecule has 0 N–H and O–H groups in total. The number of ether oxygens (including phenoxy) is 1. The Bertz CT molecular complexity index is 249. The van der Waals surface area contributed by atoms with Crippen molar-refractivity contribution in [3.05, 3.63) is 0 Å². The molecular formula is C10H18O3S2. The average Bonchev–Trinajstić information content (AvgIpc) is 2.94. The molecule has 1 rings (SSSR count). The number of rotatable bonds is 7. The van der Waals surface area contributed by atoms with Gasteiger partial charge in [-0.05, 0) is 24.5 Å². The van der Waals surface area contributed by atoms with E-state index in [0.717, 1.165) is 24.3 Å². The fourth-order valence-electron chi connectivity index (χ4n) is 1.52. The normalized spacial score (nSPS) is 19.6. The molecule has 0 aromatic carbocycles. The maximum atomic E-state index is 11.7. The molecule has 88 valence electrons. The highest BCUT2D eigenvalue weighted by Gasteiger charge is 2.45. The molecule has 0 amide bonds. The van der Waals surface area contributed by atoms with Crippen molar-refractivity contribution in [2.24, 2.45) is 5.41 Å². The van der Waals surface area contributed by atoms with Gasteiger partial charge >= 0.3 is 5.97 Å². The summed E-state index contributed by atoms with van der Waals surface area (Å²) < 4.78 is 16.3. The second kappa shape index (κ2) is 5.89. The van der Waals surface area contributed by atoms with Gasteiger partial charge in [0.25, 0.3) is 0 Å². The van der Waals surface area contributed by atoms with Gasteiger partial charge in [0, 0.05) is 28.1 Å². The van der Waals surface area contributed by atoms with Crippen LogP contribution in [0.25, 0.3) is 0 Å². The van der Waals surface area contributed by atoms with Crippen LogP contribution >= 0.6 is 11.8 Å². The first-order valence-corrected chi connectivity index (χ1v) is 7.91. The van der Waals surface area contributed by atoms with E-state index in [2.05, 4.69) is 4.74 Å². The highest BCUT2D eigenvalue weighted by atomic mass is 32.2. The molecule has 0 aromatic rings. The van der Waals surface area contributed by atoms with Gasteiger partial charge in [0.2, 0.25) is 0 Å². The standard InChI is InChI=1S/C10H18O3S2/c1-13-9(11)7-10(3-4-10)8-15(12)6-5-14-2/h3-8H2,1-2H3. The molecule has 0 aliphatic heterocycles. The third kappa shape index (κ3) is 4.55. The quantitative estimate of drug-likeness (QED) is 0.641. The Morgan fingerprint density at radius 3 is 2.67 bits per heavy atom. The zero-order valence-electron chi connectivity index (χ0n) is 9.28. The van der Waals surface area contributed by atoms with E-state index in [4.69, 9.17) is 0 Å². The van der Waals surface area contributed by atoms with Gasteiger partial charge in [-0.1, -0.05) is 0 Å². The molecule has 1 aliphatic rings. The minimum Gasteiger partial charge on any atom is -0.469 e. The Morgan fingerprint density at radius 1 is 1.53 bits per heavy atom. The molecule has 15 heavy (non-hydrogen) atoms. The highest BCUT2D eigenvalue weighted by Crippen LogP contribution is 2.49. The van der Waals surface area contributed by atoms with Crippen molar-refractivity contribution in [2.45, 2.75) is 19.3 Å². The molecule has 0 aromatic heterocycles. The molecule has 0 radical (unpaired) electrons. The van der Waals surface area contributed by atoms with Crippen molar-refractivity contribution in [1.29, 1.82) is 0 Å². The van der Waals surface area contributed by atoms with Crippen molar-refractivity contribution in [3.8, 4) is 0 Å². The first-order chi connectivity index (χ1) is 7.12. The predicted octanol–water partition coefficient (Wildman–Crippen LogP) is 1.44. The van der Waals surface area contributed by atoms with Gasteiger partial charge in [-0.2, -0.15) is 11.8 Å². The first-order valence-electron chi connectivity index (χ1n) is 5.03. The molecule has 3 nitrogen and oxygen atoms in total. The van der Waals surface area contributed by atoms with Crippen LogP contribution in [0.5, 0.6) is 0 Å². The van der Waals surface area contributed by atoms with Crippen LogP contribution in [0.2, 0.25) is 0 Å². The lowest BCUT2D eigenvalue weighted by atomic mass is 10.1. The lowest BCUT2D eigenvalue weighted by molar-refractivity contribution is -0.141. The van der Waals surface area contributed by atoms with Crippen LogP contribution in [0.3, 0.4) is 0 Å². The fraction of sp³-hybridized carbons (Fsp3) is 0.900. The molecular weight excluding hydrogens is 232 g/mol. The maximum Gasteiger partial charge on any atom is 0.306 e. The minimum atomic E-state index is -0.774. The van der Waals surface area contributed by atoms with E-state index in [-0.39, 0.29) is 11.4 Å². The number of hydrogen-bond acceptors (Lipinski definition) is 4. The Balaban J connectivity index is 2.30. The smallest absolute Gasteiger partial charge is 0.306 e. The molecule has 0 spiro atoms. The highest BCUT2D eigenvalue weighted by molar-refractivity contribution is 7.99. The third-order valence-electron chi connectivity index (χ3n) is 2.69. The van der Waals surface area contributed by atoms with E-state index in [1.807, 2.05) is 6.26 Å². The molecule has 1 saturated carbocycles. The van der Waals surface area contributed by atoms with E-state index in [0.29, 0.717) is 12.2 Å². The monoisotopic (exact) mass is 250 g/mol. The molecule has 0 saturated heterocycles. The zero-order valence-corrected chi connectivity index (χ0v) is 10.9. The molecule has 1 aliphatic carbocycles. The summed E-state index contributed by atoms with van der Waals surface area (Å²) in [6, 6.07) is 0. The summed E-state index contributed by atoms with van der Waals surface area (Å²) in [6.45, 7) is 0. The molecule has 1 atom stereocenters. The Kier molecular flexibility index (Phi) is 5.12. The second-order valence-electron chi connectivity index (χ2n) is 4.03. The number of carbonyl (C=O) groups excluding carboxylic acids is 1. The first kappa shape index (κ1) is 13.0. The predicted molar refractivity (Wildman–Crippen MR) is 64.6 cm³/mol. The van der Waals surface area contributed by atoms with Crippen LogP contribution in [0.4, 0.5) is 0 Å². The van der Waals surface area contributed by atoms with E-state index >= 15 is 0 Å². The van der Waals surface area contributed by atoms with Gasteiger partial charge in [-0.3, -0.25) is 9.00 Å². The van der Waals surface area contributed by atoms with Gasteiger partial charge in [0.1, 0.15) is 0 Å². The van der Waals surface area contributed by atoms with Crippen molar-refractivity contribution >= 4 is 28.5 Å². The number of hydrogen-bond donors (Lipinski definition) is 0. The average molecular weight is 250 g/mol. The lowest BCUT2D eigenvalue weighted by Crippen LogP contribution is -2.19.